The molecule has 2 fully saturated rings. The van der Waals surface area contributed by atoms with Gasteiger partial charge >= 0.3 is 6.36 Å². The van der Waals surface area contributed by atoms with Gasteiger partial charge in [0.05, 0.1) is 0 Å². The zero-order valence-corrected chi connectivity index (χ0v) is 11.7. The van der Waals surface area contributed by atoms with Crippen molar-refractivity contribution in [3.05, 3.63) is 29.8 Å². The molecule has 20 heavy (non-hydrogen) atoms. The van der Waals surface area contributed by atoms with E-state index in [0.29, 0.717) is 11.3 Å². The van der Waals surface area contributed by atoms with Crippen molar-refractivity contribution >= 4 is 12.4 Å². The lowest BCUT2D eigenvalue weighted by molar-refractivity contribution is -0.274. The molecule has 0 bridgehead atoms. The first-order valence-corrected chi connectivity index (χ1v) is 6.52. The van der Waals surface area contributed by atoms with Gasteiger partial charge < -0.3 is 10.1 Å². The molecule has 0 radical (unpaired) electrons. The maximum Gasteiger partial charge on any atom is 0.573 e. The highest BCUT2D eigenvalue weighted by Gasteiger charge is 2.44. The van der Waals surface area contributed by atoms with Gasteiger partial charge in [0.2, 0.25) is 0 Å². The van der Waals surface area contributed by atoms with E-state index in [2.05, 4.69) is 10.1 Å². The third-order valence-electron chi connectivity index (χ3n) is 4.27. The fourth-order valence-electron chi connectivity index (χ4n) is 3.26. The van der Waals surface area contributed by atoms with Crippen molar-refractivity contribution in [2.75, 3.05) is 13.1 Å². The van der Waals surface area contributed by atoms with Crippen molar-refractivity contribution in [3.63, 3.8) is 0 Å². The highest BCUT2D eigenvalue weighted by molar-refractivity contribution is 5.85. The van der Waals surface area contributed by atoms with Gasteiger partial charge in [-0.15, -0.1) is 25.6 Å². The number of rotatable bonds is 2. The van der Waals surface area contributed by atoms with E-state index in [1.54, 1.807) is 6.07 Å². The lowest BCUT2D eigenvalue weighted by Crippen LogP contribution is -2.51. The molecule has 2 nitrogen and oxygen atoms in total. The summed E-state index contributed by atoms with van der Waals surface area (Å²) < 4.78 is 40.6. The van der Waals surface area contributed by atoms with Crippen LogP contribution in [0.2, 0.25) is 0 Å². The highest BCUT2D eigenvalue weighted by Crippen LogP contribution is 2.49. The summed E-state index contributed by atoms with van der Waals surface area (Å²) in [6.07, 6.45) is -1.34. The molecule has 1 N–H and O–H groups in total. The average molecular weight is 308 g/mol. The van der Waals surface area contributed by atoms with Crippen LogP contribution in [0.1, 0.15) is 30.7 Å². The molecule has 1 saturated heterocycles. The van der Waals surface area contributed by atoms with E-state index < -0.39 is 6.36 Å². The summed E-state index contributed by atoms with van der Waals surface area (Å²) in [7, 11) is 0. The van der Waals surface area contributed by atoms with Crippen LogP contribution in [-0.2, 0) is 0 Å². The van der Waals surface area contributed by atoms with E-state index in [0.717, 1.165) is 37.9 Å². The van der Waals surface area contributed by atoms with E-state index in [1.807, 2.05) is 6.07 Å². The predicted octanol–water partition coefficient (Wildman–Crippen LogP) is 3.86. The maximum absolute atomic E-state index is 12.2. The lowest BCUT2D eigenvalue weighted by Gasteiger charge is -2.39. The van der Waals surface area contributed by atoms with Crippen LogP contribution in [0.4, 0.5) is 13.2 Å². The van der Waals surface area contributed by atoms with Gasteiger partial charge in [-0.25, -0.2) is 0 Å². The summed E-state index contributed by atoms with van der Waals surface area (Å²) in [6, 6.07) is 6.43. The van der Waals surface area contributed by atoms with Crippen LogP contribution in [0.5, 0.6) is 5.75 Å². The van der Waals surface area contributed by atoms with Crippen molar-refractivity contribution in [3.8, 4) is 5.75 Å². The molecule has 0 aromatic heterocycles. The van der Waals surface area contributed by atoms with E-state index >= 15 is 0 Å². The number of nitrogens with one attached hydrogen (secondary N) is 1. The second-order valence-electron chi connectivity index (χ2n) is 5.66. The molecule has 1 saturated carbocycles. The van der Waals surface area contributed by atoms with Crippen LogP contribution in [0.25, 0.3) is 0 Å². The minimum atomic E-state index is -4.62. The Morgan fingerprint density at radius 1 is 1.25 bits per heavy atom. The Labute approximate surface area is 122 Å². The molecule has 3 rings (SSSR count). The minimum absolute atomic E-state index is 0. The molecule has 1 aliphatic heterocycles. The van der Waals surface area contributed by atoms with Crippen LogP contribution in [0.3, 0.4) is 0 Å². The smallest absolute Gasteiger partial charge is 0.406 e. The van der Waals surface area contributed by atoms with E-state index in [1.165, 1.54) is 12.1 Å². The molecule has 112 valence electrons. The third-order valence-corrected chi connectivity index (χ3v) is 4.27. The maximum atomic E-state index is 12.2. The van der Waals surface area contributed by atoms with Crippen LogP contribution in [0.15, 0.2) is 24.3 Å². The average Bonchev–Trinajstić information content (AvgIpc) is 2.71. The summed E-state index contributed by atoms with van der Waals surface area (Å²) in [5.74, 6) is 0.247. The van der Waals surface area contributed by atoms with Gasteiger partial charge in [0.1, 0.15) is 5.75 Å². The molecular weight excluding hydrogens is 291 g/mol. The standard InChI is InChI=1S/C14H16F3NO.ClH/c15-14(16,17)19-12-3-1-2-10(6-12)11-4-5-13(7-11)8-18-9-13;/h1-3,6,11,18H,4-5,7-9H2;1H. The van der Waals surface area contributed by atoms with Crippen molar-refractivity contribution in [2.24, 2.45) is 5.41 Å². The van der Waals surface area contributed by atoms with Gasteiger partial charge in [0.15, 0.2) is 0 Å². The second kappa shape index (κ2) is 5.45. The monoisotopic (exact) mass is 307 g/mol. The van der Waals surface area contributed by atoms with Crippen molar-refractivity contribution < 1.29 is 17.9 Å². The molecule has 1 unspecified atom stereocenters. The topological polar surface area (TPSA) is 21.3 Å². The Morgan fingerprint density at radius 3 is 2.55 bits per heavy atom. The molecule has 1 aromatic rings. The first kappa shape index (κ1) is 15.4. The molecule has 0 amide bonds. The van der Waals surface area contributed by atoms with E-state index in [9.17, 15) is 13.2 Å². The fourth-order valence-corrected chi connectivity index (χ4v) is 3.26. The first-order valence-electron chi connectivity index (χ1n) is 6.52. The van der Waals surface area contributed by atoms with E-state index in [-0.39, 0.29) is 18.2 Å². The Kier molecular flexibility index (Phi) is 4.21. The van der Waals surface area contributed by atoms with Crippen LogP contribution >= 0.6 is 12.4 Å². The zero-order valence-electron chi connectivity index (χ0n) is 10.9. The first-order chi connectivity index (χ1) is 8.96. The number of benzene rings is 1. The fraction of sp³-hybridized carbons (Fsp3) is 0.571. The summed E-state index contributed by atoms with van der Waals surface area (Å²) in [5.41, 5.74) is 1.36. The Hall–Kier alpha value is -0.940. The highest BCUT2D eigenvalue weighted by atomic mass is 35.5. The molecule has 1 spiro atoms. The SMILES string of the molecule is Cl.FC(F)(F)Oc1cccc(C2CCC3(CNC3)C2)c1. The Bertz CT molecular complexity index is 474. The number of hydrogen-bond acceptors (Lipinski definition) is 2. The Balaban J connectivity index is 0.00000147. The molecule has 1 aliphatic carbocycles. The zero-order chi connectivity index (χ0) is 13.5. The van der Waals surface area contributed by atoms with Crippen molar-refractivity contribution in [2.45, 2.75) is 31.5 Å². The van der Waals surface area contributed by atoms with Gasteiger partial charge in [-0.2, -0.15) is 0 Å². The van der Waals surface area contributed by atoms with Crippen LogP contribution in [-0.4, -0.2) is 19.5 Å². The normalized spacial score (nSPS) is 24.1. The number of alkyl halides is 3. The van der Waals surface area contributed by atoms with Gasteiger partial charge in [-0.1, -0.05) is 12.1 Å². The lowest BCUT2D eigenvalue weighted by atomic mass is 9.79. The predicted molar refractivity (Wildman–Crippen MR) is 72.3 cm³/mol. The summed E-state index contributed by atoms with van der Waals surface area (Å²) in [5, 5.41) is 3.28. The summed E-state index contributed by atoms with van der Waals surface area (Å²) in [4.78, 5) is 0. The molecule has 2 aliphatic rings. The number of ether oxygens (including phenoxy) is 1. The second-order valence-corrected chi connectivity index (χ2v) is 5.66. The molecular formula is C14H17ClF3NO. The van der Waals surface area contributed by atoms with E-state index in [4.69, 9.17) is 0 Å². The van der Waals surface area contributed by atoms with Gasteiger partial charge in [-0.3, -0.25) is 0 Å². The number of halogens is 4. The molecule has 6 heteroatoms. The molecule has 1 aromatic carbocycles. The molecule has 1 heterocycles. The quantitative estimate of drug-likeness (QED) is 0.895. The van der Waals surface area contributed by atoms with Crippen LogP contribution in [0, 0.1) is 5.41 Å². The summed E-state index contributed by atoms with van der Waals surface area (Å²) in [6.45, 7) is 2.09. The van der Waals surface area contributed by atoms with Gasteiger partial charge in [-0.05, 0) is 48.3 Å². The molecule has 1 atom stereocenters. The Morgan fingerprint density at radius 2 is 2.00 bits per heavy atom. The summed E-state index contributed by atoms with van der Waals surface area (Å²) >= 11 is 0. The van der Waals surface area contributed by atoms with Crippen LogP contribution < -0.4 is 10.1 Å². The van der Waals surface area contributed by atoms with Gasteiger partial charge in [0.25, 0.3) is 0 Å². The largest absolute Gasteiger partial charge is 0.573 e. The van der Waals surface area contributed by atoms with Crippen molar-refractivity contribution in [1.82, 2.24) is 5.32 Å². The van der Waals surface area contributed by atoms with Crippen molar-refractivity contribution in [1.29, 1.82) is 0 Å². The van der Waals surface area contributed by atoms with Gasteiger partial charge in [0, 0.05) is 13.1 Å². The third kappa shape index (κ3) is 3.20. The minimum Gasteiger partial charge on any atom is -0.406 e. The number of hydrogen-bond donors (Lipinski definition) is 1.